The lowest BCUT2D eigenvalue weighted by atomic mass is 10.1. The molecule has 0 aromatic heterocycles. The third-order valence-electron chi connectivity index (χ3n) is 2.71. The molecule has 4 nitrogen and oxygen atoms in total. The molecule has 0 unspecified atom stereocenters. The molecule has 21 heavy (non-hydrogen) atoms. The molecule has 0 spiro atoms. The van der Waals surface area contributed by atoms with Gasteiger partial charge in [-0.3, -0.25) is 0 Å². The van der Waals surface area contributed by atoms with E-state index >= 15 is 0 Å². The van der Waals surface area contributed by atoms with E-state index in [4.69, 9.17) is 19.3 Å². The number of aliphatic hydroxyl groups excluding tert-OH is 1. The lowest BCUT2D eigenvalue weighted by Crippen LogP contribution is -2.05. The fraction of sp³-hybridized carbons (Fsp3) is 0.529. The van der Waals surface area contributed by atoms with Gasteiger partial charge in [-0.25, -0.2) is 0 Å². The van der Waals surface area contributed by atoms with Crippen molar-refractivity contribution in [3.63, 3.8) is 0 Å². The van der Waals surface area contributed by atoms with Crippen LogP contribution in [-0.4, -0.2) is 38.6 Å². The lowest BCUT2D eigenvalue weighted by molar-refractivity contribution is 0.0408. The van der Waals surface area contributed by atoms with Crippen LogP contribution in [0.4, 0.5) is 0 Å². The maximum atomic E-state index is 8.76. The molecule has 1 rings (SSSR count). The first-order valence-electron chi connectivity index (χ1n) is 7.24. The zero-order valence-corrected chi connectivity index (χ0v) is 12.9. The van der Waals surface area contributed by atoms with Crippen molar-refractivity contribution in [1.82, 2.24) is 0 Å². The number of methoxy groups -OCH3 is 1. The van der Waals surface area contributed by atoms with E-state index in [0.29, 0.717) is 26.2 Å². The minimum Gasteiger partial charge on any atom is -0.495 e. The third kappa shape index (κ3) is 7.14. The van der Waals surface area contributed by atoms with Crippen LogP contribution in [-0.2, 0) is 16.1 Å². The Bertz CT molecular complexity index is 460. The Morgan fingerprint density at radius 2 is 1.95 bits per heavy atom. The maximum absolute atomic E-state index is 8.76. The van der Waals surface area contributed by atoms with Gasteiger partial charge in [0, 0.05) is 13.0 Å². The molecule has 0 saturated heterocycles. The van der Waals surface area contributed by atoms with E-state index in [-0.39, 0.29) is 6.61 Å². The van der Waals surface area contributed by atoms with E-state index in [1.807, 2.05) is 18.2 Å². The van der Waals surface area contributed by atoms with Crippen LogP contribution in [0, 0.1) is 11.8 Å². The van der Waals surface area contributed by atoms with Gasteiger partial charge in [0.05, 0.1) is 39.1 Å². The van der Waals surface area contributed by atoms with Crippen molar-refractivity contribution in [2.45, 2.75) is 26.4 Å². The Hall–Kier alpha value is -1.54. The molecule has 0 aliphatic carbocycles. The molecule has 1 aromatic rings. The summed E-state index contributed by atoms with van der Waals surface area (Å²) in [4.78, 5) is 0. The van der Waals surface area contributed by atoms with Crippen molar-refractivity contribution in [2.75, 3.05) is 33.5 Å². The average molecular weight is 292 g/mol. The minimum atomic E-state index is 0.0654. The van der Waals surface area contributed by atoms with Crippen molar-refractivity contribution in [1.29, 1.82) is 0 Å². The van der Waals surface area contributed by atoms with Crippen LogP contribution in [0.1, 0.15) is 30.9 Å². The third-order valence-corrected chi connectivity index (χ3v) is 2.71. The number of benzene rings is 1. The molecule has 0 bridgehead atoms. The number of hydrogen-bond acceptors (Lipinski definition) is 4. The summed E-state index contributed by atoms with van der Waals surface area (Å²) in [5, 5.41) is 8.76. The summed E-state index contributed by atoms with van der Waals surface area (Å²) in [5.74, 6) is 6.64. The van der Waals surface area contributed by atoms with E-state index in [1.54, 1.807) is 7.11 Å². The first kappa shape index (κ1) is 17.5. The van der Waals surface area contributed by atoms with Crippen molar-refractivity contribution < 1.29 is 19.3 Å². The van der Waals surface area contributed by atoms with Gasteiger partial charge in [-0.1, -0.05) is 24.8 Å². The molecule has 0 saturated carbocycles. The lowest BCUT2D eigenvalue weighted by Gasteiger charge is -2.08. The normalized spacial score (nSPS) is 10.0. The molecular formula is C17H24O4. The Balaban J connectivity index is 2.52. The molecule has 0 fully saturated rings. The van der Waals surface area contributed by atoms with Crippen molar-refractivity contribution in [3.05, 3.63) is 29.3 Å². The van der Waals surface area contributed by atoms with Crippen LogP contribution in [0.15, 0.2) is 18.2 Å². The number of hydrogen-bond donors (Lipinski definition) is 1. The fourth-order valence-electron chi connectivity index (χ4n) is 1.71. The predicted molar refractivity (Wildman–Crippen MR) is 82.3 cm³/mol. The molecule has 1 N–H and O–H groups in total. The monoisotopic (exact) mass is 292 g/mol. The number of ether oxygens (including phenoxy) is 3. The zero-order chi connectivity index (χ0) is 15.3. The minimum absolute atomic E-state index is 0.0654. The topological polar surface area (TPSA) is 47.9 Å². The average Bonchev–Trinajstić information content (AvgIpc) is 2.51. The SMILES string of the molecule is CCCOCCOCc1ccc(OC)c(C#CCCO)c1. The van der Waals surface area contributed by atoms with Crippen LogP contribution in [0.25, 0.3) is 0 Å². The van der Waals surface area contributed by atoms with E-state index in [9.17, 15) is 0 Å². The van der Waals surface area contributed by atoms with Crippen molar-refractivity contribution >= 4 is 0 Å². The summed E-state index contributed by atoms with van der Waals surface area (Å²) in [6.07, 6.45) is 1.48. The van der Waals surface area contributed by atoms with Gasteiger partial charge in [0.1, 0.15) is 5.75 Å². The molecule has 0 amide bonds. The second-order valence-electron chi connectivity index (χ2n) is 4.47. The Kier molecular flexibility index (Phi) is 9.30. The van der Waals surface area contributed by atoms with E-state index in [2.05, 4.69) is 18.8 Å². The first-order valence-corrected chi connectivity index (χ1v) is 7.24. The van der Waals surface area contributed by atoms with E-state index in [1.165, 1.54) is 0 Å². The standard InChI is InChI=1S/C17H24O4/c1-3-10-20-11-12-21-14-15-7-8-17(19-2)16(13-15)6-4-5-9-18/h7-8,13,18H,3,5,9-12,14H2,1-2H3. The molecule has 0 atom stereocenters. The molecule has 116 valence electrons. The van der Waals surface area contributed by atoms with Crippen LogP contribution >= 0.6 is 0 Å². The molecule has 0 radical (unpaired) electrons. The second-order valence-corrected chi connectivity index (χ2v) is 4.47. The molecule has 0 aliphatic heterocycles. The summed E-state index contributed by atoms with van der Waals surface area (Å²) in [7, 11) is 1.62. The molecule has 1 aromatic carbocycles. The van der Waals surface area contributed by atoms with Gasteiger partial charge in [-0.2, -0.15) is 0 Å². The molecular weight excluding hydrogens is 268 g/mol. The number of rotatable bonds is 9. The Morgan fingerprint density at radius 1 is 1.14 bits per heavy atom. The van der Waals surface area contributed by atoms with Gasteiger partial charge in [0.25, 0.3) is 0 Å². The zero-order valence-electron chi connectivity index (χ0n) is 12.9. The van der Waals surface area contributed by atoms with Crippen LogP contribution in [0.3, 0.4) is 0 Å². The summed E-state index contributed by atoms with van der Waals surface area (Å²) < 4.78 is 16.2. The Labute approximate surface area is 127 Å². The van der Waals surface area contributed by atoms with Crippen molar-refractivity contribution in [3.8, 4) is 17.6 Å². The van der Waals surface area contributed by atoms with E-state index < -0.39 is 0 Å². The molecule has 0 heterocycles. The predicted octanol–water partition coefficient (Wildman–Crippen LogP) is 2.37. The highest BCUT2D eigenvalue weighted by Crippen LogP contribution is 2.19. The van der Waals surface area contributed by atoms with Gasteiger partial charge in [-0.15, -0.1) is 0 Å². The maximum Gasteiger partial charge on any atom is 0.134 e. The highest BCUT2D eigenvalue weighted by molar-refractivity contribution is 5.48. The highest BCUT2D eigenvalue weighted by atomic mass is 16.5. The molecule has 4 heteroatoms. The van der Waals surface area contributed by atoms with Gasteiger partial charge < -0.3 is 19.3 Å². The van der Waals surface area contributed by atoms with Crippen LogP contribution in [0.2, 0.25) is 0 Å². The van der Waals surface area contributed by atoms with Gasteiger partial charge in [0.2, 0.25) is 0 Å². The summed E-state index contributed by atoms with van der Waals surface area (Å²) in [6.45, 7) is 4.64. The van der Waals surface area contributed by atoms with Crippen molar-refractivity contribution in [2.24, 2.45) is 0 Å². The summed E-state index contributed by atoms with van der Waals surface area (Å²) in [5.41, 5.74) is 1.86. The van der Waals surface area contributed by atoms with Gasteiger partial charge in [0.15, 0.2) is 0 Å². The highest BCUT2D eigenvalue weighted by Gasteiger charge is 2.02. The van der Waals surface area contributed by atoms with Crippen LogP contribution < -0.4 is 4.74 Å². The second kappa shape index (κ2) is 11.2. The largest absolute Gasteiger partial charge is 0.495 e. The van der Waals surface area contributed by atoms with Crippen LogP contribution in [0.5, 0.6) is 5.75 Å². The number of aliphatic hydroxyl groups is 1. The smallest absolute Gasteiger partial charge is 0.134 e. The Morgan fingerprint density at radius 3 is 2.67 bits per heavy atom. The van der Waals surface area contributed by atoms with E-state index in [0.717, 1.165) is 29.9 Å². The fourth-order valence-corrected chi connectivity index (χ4v) is 1.71. The summed E-state index contributed by atoms with van der Waals surface area (Å²) in [6, 6.07) is 5.80. The quantitative estimate of drug-likeness (QED) is 0.561. The van der Waals surface area contributed by atoms with Gasteiger partial charge >= 0.3 is 0 Å². The molecule has 0 aliphatic rings. The van der Waals surface area contributed by atoms with Gasteiger partial charge in [-0.05, 0) is 24.1 Å². The first-order chi connectivity index (χ1) is 10.3. The summed E-state index contributed by atoms with van der Waals surface area (Å²) >= 11 is 0.